The zero-order valence-corrected chi connectivity index (χ0v) is 14.6. The predicted octanol–water partition coefficient (Wildman–Crippen LogP) is 0.797. The number of benzene rings is 1. The van der Waals surface area contributed by atoms with Crippen molar-refractivity contribution in [3.8, 4) is 0 Å². The first-order valence-electron chi connectivity index (χ1n) is 9.14. The third-order valence-corrected chi connectivity index (χ3v) is 5.22. The van der Waals surface area contributed by atoms with Crippen molar-refractivity contribution in [3.05, 3.63) is 35.9 Å². The molecule has 8 nitrogen and oxygen atoms in total. The second-order valence-corrected chi connectivity index (χ2v) is 6.98. The Labute approximate surface area is 152 Å². The zero-order chi connectivity index (χ0) is 17.9. The van der Waals surface area contributed by atoms with E-state index in [-0.39, 0.29) is 18.0 Å². The van der Waals surface area contributed by atoms with E-state index in [4.69, 9.17) is 9.68 Å². The van der Waals surface area contributed by atoms with E-state index in [1.165, 1.54) is 5.06 Å². The fourth-order valence-corrected chi connectivity index (χ4v) is 3.56. The highest BCUT2D eigenvalue weighted by Gasteiger charge is 2.48. The Kier molecular flexibility index (Phi) is 5.05. The maximum Gasteiger partial charge on any atom is 0.345 e. The summed E-state index contributed by atoms with van der Waals surface area (Å²) >= 11 is 0. The monoisotopic (exact) mass is 360 g/mol. The van der Waals surface area contributed by atoms with Crippen LogP contribution in [0.25, 0.3) is 0 Å². The van der Waals surface area contributed by atoms with Gasteiger partial charge in [0.05, 0.1) is 12.6 Å². The van der Waals surface area contributed by atoms with Crippen LogP contribution in [0.2, 0.25) is 0 Å². The molecular weight excluding hydrogens is 336 g/mol. The minimum Gasteiger partial charge on any atom is -0.311 e. The number of carbonyl (C=O) groups is 2. The quantitative estimate of drug-likeness (QED) is 0.703. The lowest BCUT2D eigenvalue weighted by Crippen LogP contribution is -2.51. The van der Waals surface area contributed by atoms with Gasteiger partial charge in [0.1, 0.15) is 12.6 Å². The second kappa shape index (κ2) is 7.61. The summed E-state index contributed by atoms with van der Waals surface area (Å²) < 4.78 is 0. The maximum absolute atomic E-state index is 12.7. The molecule has 3 aliphatic rings. The first-order valence-corrected chi connectivity index (χ1v) is 9.14. The van der Waals surface area contributed by atoms with Crippen LogP contribution < -0.4 is 10.8 Å². The van der Waals surface area contributed by atoms with E-state index in [2.05, 4.69) is 10.8 Å². The third kappa shape index (κ3) is 3.53. The molecule has 1 aromatic rings. The van der Waals surface area contributed by atoms with Crippen molar-refractivity contribution in [2.45, 2.75) is 44.0 Å². The smallest absolute Gasteiger partial charge is 0.311 e. The molecule has 3 atom stereocenters. The Bertz CT molecular complexity index is 652. The van der Waals surface area contributed by atoms with Gasteiger partial charge in [-0.15, -0.1) is 0 Å². The highest BCUT2D eigenvalue weighted by atomic mass is 16.7. The summed E-state index contributed by atoms with van der Waals surface area (Å²) in [4.78, 5) is 37.7. The van der Waals surface area contributed by atoms with Crippen LogP contribution >= 0.6 is 0 Å². The lowest BCUT2D eigenvalue weighted by Gasteiger charge is -2.30. The molecule has 0 saturated carbocycles. The first kappa shape index (κ1) is 17.3. The number of amides is 3. The molecular formula is C18H24N4O4. The Morgan fingerprint density at radius 1 is 1.23 bits per heavy atom. The zero-order valence-electron chi connectivity index (χ0n) is 14.6. The number of piperidine rings is 1. The molecule has 3 fully saturated rings. The van der Waals surface area contributed by atoms with Gasteiger partial charge in [-0.3, -0.25) is 14.5 Å². The highest BCUT2D eigenvalue weighted by Crippen LogP contribution is 2.30. The molecule has 0 aliphatic carbocycles. The molecule has 4 rings (SSSR count). The summed E-state index contributed by atoms with van der Waals surface area (Å²) in [6.07, 6.45) is 2.40. The number of carbonyl (C=O) groups excluding carboxylic acids is 2. The van der Waals surface area contributed by atoms with E-state index >= 15 is 0 Å². The molecule has 0 unspecified atom stereocenters. The number of hydroxylamine groups is 3. The topological polar surface area (TPSA) is 83.1 Å². The SMILES string of the molecule is O=C(NOC[C@@H]1CCN1)[C@@H]1CC[C@@H]2CN1C(=O)N2OCc1ccccc1. The van der Waals surface area contributed by atoms with Gasteiger partial charge in [-0.05, 0) is 31.4 Å². The molecule has 26 heavy (non-hydrogen) atoms. The van der Waals surface area contributed by atoms with E-state index in [0.717, 1.165) is 24.9 Å². The summed E-state index contributed by atoms with van der Waals surface area (Å²) in [5.74, 6) is -0.263. The van der Waals surface area contributed by atoms with Crippen LogP contribution in [0.3, 0.4) is 0 Å². The second-order valence-electron chi connectivity index (χ2n) is 6.98. The molecule has 2 N–H and O–H groups in total. The van der Waals surface area contributed by atoms with Crippen molar-refractivity contribution >= 4 is 11.9 Å². The summed E-state index contributed by atoms with van der Waals surface area (Å²) in [6, 6.07) is 9.28. The Morgan fingerprint density at radius 2 is 2.04 bits per heavy atom. The number of urea groups is 1. The minimum absolute atomic E-state index is 0.00430. The van der Waals surface area contributed by atoms with Gasteiger partial charge in [0.2, 0.25) is 0 Å². The number of hydrogen-bond acceptors (Lipinski definition) is 5. The Hall–Kier alpha value is -2.16. The van der Waals surface area contributed by atoms with Gasteiger partial charge in [0.25, 0.3) is 5.91 Å². The summed E-state index contributed by atoms with van der Waals surface area (Å²) in [5.41, 5.74) is 3.50. The molecule has 8 heteroatoms. The summed E-state index contributed by atoms with van der Waals surface area (Å²) in [7, 11) is 0. The molecule has 0 spiro atoms. The maximum atomic E-state index is 12.7. The summed E-state index contributed by atoms with van der Waals surface area (Å²) in [5, 5.41) is 4.63. The predicted molar refractivity (Wildman–Crippen MR) is 92.5 cm³/mol. The number of nitrogens with zero attached hydrogens (tertiary/aromatic N) is 2. The van der Waals surface area contributed by atoms with Crippen molar-refractivity contribution in [1.29, 1.82) is 0 Å². The van der Waals surface area contributed by atoms with Crippen molar-refractivity contribution in [2.24, 2.45) is 0 Å². The molecule has 1 aromatic carbocycles. The van der Waals surface area contributed by atoms with Gasteiger partial charge >= 0.3 is 6.03 Å². The third-order valence-electron chi connectivity index (χ3n) is 5.22. The first-order chi connectivity index (χ1) is 12.7. The van der Waals surface area contributed by atoms with Crippen molar-refractivity contribution in [3.63, 3.8) is 0 Å². The van der Waals surface area contributed by atoms with E-state index in [1.54, 1.807) is 4.90 Å². The van der Waals surface area contributed by atoms with Gasteiger partial charge in [-0.25, -0.2) is 10.3 Å². The van der Waals surface area contributed by atoms with Gasteiger partial charge < -0.3 is 10.2 Å². The molecule has 140 valence electrons. The van der Waals surface area contributed by atoms with Gasteiger partial charge in [-0.1, -0.05) is 30.3 Å². The molecule has 3 amide bonds. The largest absolute Gasteiger partial charge is 0.345 e. The fourth-order valence-electron chi connectivity index (χ4n) is 3.56. The van der Waals surface area contributed by atoms with Crippen molar-refractivity contribution in [1.82, 2.24) is 20.8 Å². The van der Waals surface area contributed by atoms with Crippen LogP contribution in [0, 0.1) is 0 Å². The van der Waals surface area contributed by atoms with Gasteiger partial charge in [0.15, 0.2) is 0 Å². The van der Waals surface area contributed by atoms with E-state index in [0.29, 0.717) is 32.2 Å². The van der Waals surface area contributed by atoms with Crippen molar-refractivity contribution in [2.75, 3.05) is 19.7 Å². The molecule has 2 bridgehead atoms. The molecule has 3 saturated heterocycles. The molecule has 3 heterocycles. The van der Waals surface area contributed by atoms with Crippen LogP contribution in [0.5, 0.6) is 0 Å². The van der Waals surface area contributed by atoms with Gasteiger partial charge in [0, 0.05) is 12.6 Å². The van der Waals surface area contributed by atoms with Crippen LogP contribution in [0.4, 0.5) is 4.79 Å². The standard InChI is InChI=1S/C18H24N4O4/c23-17(20-25-12-14-8-9-19-14)16-7-6-15-10-21(16)18(24)22(15)26-11-13-4-2-1-3-5-13/h1-5,14-16,19H,6-12H2,(H,20,23)/t14-,15+,16-/m0/s1. The molecule has 0 radical (unpaired) electrons. The van der Waals surface area contributed by atoms with Crippen LogP contribution in [0.1, 0.15) is 24.8 Å². The number of nitrogens with one attached hydrogen (secondary N) is 2. The summed E-state index contributed by atoms with van der Waals surface area (Å²) in [6.45, 7) is 2.29. The lowest BCUT2D eigenvalue weighted by atomic mass is 10.0. The average Bonchev–Trinajstić information content (AvgIpc) is 2.87. The fraction of sp³-hybridized carbons (Fsp3) is 0.556. The molecule has 3 aliphatic heterocycles. The number of rotatable bonds is 7. The van der Waals surface area contributed by atoms with Crippen molar-refractivity contribution < 1.29 is 19.3 Å². The van der Waals surface area contributed by atoms with Crippen LogP contribution in [-0.4, -0.2) is 59.7 Å². The lowest BCUT2D eigenvalue weighted by molar-refractivity contribution is -0.141. The van der Waals surface area contributed by atoms with Crippen LogP contribution in [0.15, 0.2) is 30.3 Å². The van der Waals surface area contributed by atoms with E-state index in [1.807, 2.05) is 30.3 Å². The Morgan fingerprint density at radius 3 is 2.77 bits per heavy atom. The van der Waals surface area contributed by atoms with Gasteiger partial charge in [-0.2, -0.15) is 5.06 Å². The van der Waals surface area contributed by atoms with Crippen LogP contribution in [-0.2, 0) is 21.1 Å². The number of hydrogen-bond donors (Lipinski definition) is 2. The normalized spacial score (nSPS) is 27.4. The number of fused-ring (bicyclic) bond motifs is 2. The molecule has 0 aromatic heterocycles. The Balaban J connectivity index is 1.29. The highest BCUT2D eigenvalue weighted by molar-refractivity contribution is 5.88. The minimum atomic E-state index is -0.501. The van der Waals surface area contributed by atoms with E-state index < -0.39 is 6.04 Å². The average molecular weight is 360 g/mol. The van der Waals surface area contributed by atoms with E-state index in [9.17, 15) is 9.59 Å².